The van der Waals surface area contributed by atoms with Crippen LogP contribution in [0.2, 0.25) is 0 Å². The van der Waals surface area contributed by atoms with Crippen molar-refractivity contribution in [1.82, 2.24) is 20.4 Å². The van der Waals surface area contributed by atoms with Gasteiger partial charge in [-0.1, -0.05) is 0 Å². The summed E-state index contributed by atoms with van der Waals surface area (Å²) in [5.41, 5.74) is 3.43. The summed E-state index contributed by atoms with van der Waals surface area (Å²) >= 11 is 0. The molecular formula is C27H37N5O3. The Balaban J connectivity index is 1.04. The summed E-state index contributed by atoms with van der Waals surface area (Å²) in [6.45, 7) is 8.71. The summed E-state index contributed by atoms with van der Waals surface area (Å²) in [5.74, 6) is 0.0597. The van der Waals surface area contributed by atoms with Crippen LogP contribution in [0.25, 0.3) is 0 Å². The van der Waals surface area contributed by atoms with E-state index in [2.05, 4.69) is 32.6 Å². The van der Waals surface area contributed by atoms with Crippen LogP contribution in [-0.2, 0) is 16.1 Å². The number of piperidine rings is 3. The molecule has 1 aromatic carbocycles. The Morgan fingerprint density at radius 1 is 0.971 bits per heavy atom. The number of rotatable bonds is 4. The Hall–Kier alpha value is -2.45. The minimum atomic E-state index is -0.554. The average Bonchev–Trinajstić information content (AvgIpc) is 3.40. The van der Waals surface area contributed by atoms with Gasteiger partial charge in [-0.25, -0.2) is 0 Å². The van der Waals surface area contributed by atoms with E-state index in [0.717, 1.165) is 24.6 Å². The predicted molar refractivity (Wildman–Crippen MR) is 133 cm³/mol. The summed E-state index contributed by atoms with van der Waals surface area (Å²) in [6.07, 6.45) is 7.16. The van der Waals surface area contributed by atoms with Crippen molar-refractivity contribution in [3.8, 4) is 0 Å². The van der Waals surface area contributed by atoms with E-state index in [1.54, 1.807) is 4.90 Å². The first-order valence-electron chi connectivity index (χ1n) is 13.5. The van der Waals surface area contributed by atoms with Crippen LogP contribution in [0, 0.1) is 11.3 Å². The largest absolute Gasteiger partial charge is 0.372 e. The SMILES string of the molecule is O=C1CCC(N2Cc3cc(N4CCC(CN5CCC6(CCNCC6)C5)CC4)ccc3C2=O)C(=O)N1. The smallest absolute Gasteiger partial charge is 0.255 e. The van der Waals surface area contributed by atoms with Gasteiger partial charge in [-0.3, -0.25) is 19.7 Å². The molecule has 1 spiro atoms. The van der Waals surface area contributed by atoms with E-state index >= 15 is 0 Å². The van der Waals surface area contributed by atoms with E-state index in [0.29, 0.717) is 23.9 Å². The van der Waals surface area contributed by atoms with Gasteiger partial charge in [0.2, 0.25) is 11.8 Å². The highest BCUT2D eigenvalue weighted by atomic mass is 16.2. The van der Waals surface area contributed by atoms with Crippen molar-refractivity contribution >= 4 is 23.4 Å². The van der Waals surface area contributed by atoms with Gasteiger partial charge in [0.15, 0.2) is 0 Å². The van der Waals surface area contributed by atoms with Crippen LogP contribution in [0.1, 0.15) is 60.9 Å². The van der Waals surface area contributed by atoms with Gasteiger partial charge in [-0.05, 0) is 93.3 Å². The summed E-state index contributed by atoms with van der Waals surface area (Å²) in [7, 11) is 0. The molecule has 5 aliphatic heterocycles. The van der Waals surface area contributed by atoms with Crippen molar-refractivity contribution in [2.45, 2.75) is 57.5 Å². The molecule has 6 rings (SSSR count). The van der Waals surface area contributed by atoms with E-state index in [1.165, 1.54) is 70.5 Å². The molecule has 0 aliphatic carbocycles. The highest BCUT2D eigenvalue weighted by Crippen LogP contribution is 2.39. The Labute approximate surface area is 207 Å². The van der Waals surface area contributed by atoms with Crippen molar-refractivity contribution in [3.63, 3.8) is 0 Å². The first kappa shape index (κ1) is 23.0. The molecule has 0 aromatic heterocycles. The van der Waals surface area contributed by atoms with E-state index in [-0.39, 0.29) is 24.1 Å². The number of anilines is 1. The van der Waals surface area contributed by atoms with Gasteiger partial charge in [-0.15, -0.1) is 0 Å². The first-order valence-corrected chi connectivity index (χ1v) is 13.5. The second kappa shape index (κ2) is 9.21. The molecule has 0 saturated carbocycles. The van der Waals surface area contributed by atoms with Crippen LogP contribution < -0.4 is 15.5 Å². The number of likely N-dealkylation sites (tertiary alicyclic amines) is 1. The van der Waals surface area contributed by atoms with E-state index in [1.807, 2.05) is 6.07 Å². The molecule has 1 atom stereocenters. The van der Waals surface area contributed by atoms with Crippen molar-refractivity contribution in [3.05, 3.63) is 29.3 Å². The predicted octanol–water partition coefficient (Wildman–Crippen LogP) is 1.74. The lowest BCUT2D eigenvalue weighted by Crippen LogP contribution is -2.52. The molecule has 1 unspecified atom stereocenters. The number of carbonyl (C=O) groups is 3. The number of amides is 3. The van der Waals surface area contributed by atoms with Crippen molar-refractivity contribution in [1.29, 1.82) is 0 Å². The molecule has 1 aromatic rings. The highest BCUT2D eigenvalue weighted by molar-refractivity contribution is 6.05. The van der Waals surface area contributed by atoms with Gasteiger partial charge in [0, 0.05) is 50.4 Å². The summed E-state index contributed by atoms with van der Waals surface area (Å²) in [4.78, 5) is 43.6. The summed E-state index contributed by atoms with van der Waals surface area (Å²) < 4.78 is 0. The third-order valence-electron chi connectivity index (χ3n) is 9.18. The second-order valence-corrected chi connectivity index (χ2v) is 11.4. The molecule has 2 N–H and O–H groups in total. The van der Waals surface area contributed by atoms with Gasteiger partial charge < -0.3 is 20.0 Å². The highest BCUT2D eigenvalue weighted by Gasteiger charge is 2.40. The molecule has 8 heteroatoms. The molecule has 5 heterocycles. The number of benzene rings is 1. The molecular weight excluding hydrogens is 442 g/mol. The molecule has 5 aliphatic rings. The van der Waals surface area contributed by atoms with Crippen LogP contribution in [0.5, 0.6) is 0 Å². The zero-order chi connectivity index (χ0) is 24.0. The molecule has 8 nitrogen and oxygen atoms in total. The van der Waals surface area contributed by atoms with Gasteiger partial charge in [0.25, 0.3) is 5.91 Å². The number of carbonyl (C=O) groups excluding carboxylic acids is 3. The van der Waals surface area contributed by atoms with E-state index in [4.69, 9.17) is 0 Å². The quantitative estimate of drug-likeness (QED) is 0.640. The van der Waals surface area contributed by atoms with Crippen LogP contribution in [-0.4, -0.2) is 79.4 Å². The van der Waals surface area contributed by atoms with Gasteiger partial charge in [-0.2, -0.15) is 0 Å². The molecule has 4 fully saturated rings. The number of nitrogens with one attached hydrogen (secondary N) is 2. The monoisotopic (exact) mass is 479 g/mol. The minimum absolute atomic E-state index is 0.100. The fourth-order valence-electron chi connectivity index (χ4n) is 7.05. The Morgan fingerprint density at radius 2 is 1.77 bits per heavy atom. The maximum atomic E-state index is 13.0. The van der Waals surface area contributed by atoms with Gasteiger partial charge >= 0.3 is 0 Å². The number of hydrogen-bond donors (Lipinski definition) is 2. The van der Waals surface area contributed by atoms with Crippen LogP contribution >= 0.6 is 0 Å². The number of hydrogen-bond acceptors (Lipinski definition) is 6. The second-order valence-electron chi connectivity index (χ2n) is 11.4. The number of fused-ring (bicyclic) bond motifs is 1. The van der Waals surface area contributed by atoms with E-state index in [9.17, 15) is 14.4 Å². The lowest BCUT2D eigenvalue weighted by atomic mass is 9.78. The zero-order valence-electron chi connectivity index (χ0n) is 20.6. The summed E-state index contributed by atoms with van der Waals surface area (Å²) in [6, 6.07) is 5.57. The maximum absolute atomic E-state index is 13.0. The molecule has 0 bridgehead atoms. The Kier molecular flexibility index (Phi) is 6.05. The van der Waals surface area contributed by atoms with Crippen LogP contribution in [0.3, 0.4) is 0 Å². The topological polar surface area (TPSA) is 85.0 Å². The third kappa shape index (κ3) is 4.47. The van der Waals surface area contributed by atoms with Gasteiger partial charge in [0.05, 0.1) is 0 Å². The fraction of sp³-hybridized carbons (Fsp3) is 0.667. The number of nitrogens with zero attached hydrogens (tertiary/aromatic N) is 3. The normalized spacial score (nSPS) is 27.5. The number of imide groups is 1. The molecule has 35 heavy (non-hydrogen) atoms. The zero-order valence-corrected chi connectivity index (χ0v) is 20.6. The van der Waals surface area contributed by atoms with Crippen molar-refractivity contribution < 1.29 is 14.4 Å². The van der Waals surface area contributed by atoms with Crippen LogP contribution in [0.4, 0.5) is 5.69 Å². The van der Waals surface area contributed by atoms with Gasteiger partial charge in [0.1, 0.15) is 6.04 Å². The first-order chi connectivity index (χ1) is 17.0. The molecule has 0 radical (unpaired) electrons. The molecule has 188 valence electrons. The third-order valence-corrected chi connectivity index (χ3v) is 9.18. The lowest BCUT2D eigenvalue weighted by Gasteiger charge is -2.37. The minimum Gasteiger partial charge on any atom is -0.372 e. The Morgan fingerprint density at radius 3 is 2.54 bits per heavy atom. The molecule has 4 saturated heterocycles. The maximum Gasteiger partial charge on any atom is 0.255 e. The fourth-order valence-corrected chi connectivity index (χ4v) is 7.05. The standard InChI is InChI=1S/C27H37N5O3/c33-24-4-3-23(25(34)29-24)32-17-20-15-21(1-2-22(20)26(32)35)31-12-5-19(6-13-31)16-30-14-9-27(18-30)7-10-28-11-8-27/h1-2,15,19,23,28H,3-14,16-18H2,(H,29,33,34). The lowest BCUT2D eigenvalue weighted by molar-refractivity contribution is -0.136. The molecule has 3 amide bonds. The van der Waals surface area contributed by atoms with Crippen molar-refractivity contribution in [2.75, 3.05) is 50.7 Å². The van der Waals surface area contributed by atoms with Crippen LogP contribution in [0.15, 0.2) is 18.2 Å². The summed E-state index contributed by atoms with van der Waals surface area (Å²) in [5, 5.41) is 5.89. The van der Waals surface area contributed by atoms with E-state index < -0.39 is 6.04 Å². The average molecular weight is 480 g/mol. The Bertz CT molecular complexity index is 1010. The van der Waals surface area contributed by atoms with Crippen molar-refractivity contribution in [2.24, 2.45) is 11.3 Å².